The van der Waals surface area contributed by atoms with Crippen LogP contribution in [-0.4, -0.2) is 137 Å². The quantitative estimate of drug-likeness (QED) is 0.403. The predicted octanol–water partition coefficient (Wildman–Crippen LogP) is 2.97. The van der Waals surface area contributed by atoms with Crippen molar-refractivity contribution in [3.63, 3.8) is 0 Å². The van der Waals surface area contributed by atoms with Crippen molar-refractivity contribution < 1.29 is 24.2 Å². The van der Waals surface area contributed by atoms with Gasteiger partial charge in [0.05, 0.1) is 29.8 Å². The van der Waals surface area contributed by atoms with E-state index in [4.69, 9.17) is 24.5 Å². The Morgan fingerprint density at radius 3 is 2.38 bits per heavy atom. The van der Waals surface area contributed by atoms with Crippen LogP contribution in [-0.2, 0) is 9.47 Å². The Labute approximate surface area is 261 Å². The number of nitrogens with one attached hydrogen (secondary N) is 1. The first kappa shape index (κ1) is 29.7. The van der Waals surface area contributed by atoms with Gasteiger partial charge in [0.25, 0.3) is 0 Å². The van der Waals surface area contributed by atoms with Crippen molar-refractivity contribution >= 4 is 34.7 Å². The van der Waals surface area contributed by atoms with E-state index < -0.39 is 12.2 Å². The number of carbonyl (C=O) groups is 2. The number of amides is 2. The van der Waals surface area contributed by atoms with Crippen LogP contribution in [0.1, 0.15) is 31.7 Å². The number of hydrogen-bond acceptors (Lipinski definition) is 10. The van der Waals surface area contributed by atoms with E-state index in [0.717, 1.165) is 81.1 Å². The molecule has 2 bridgehead atoms. The molecule has 240 valence electrons. The molecule has 2 unspecified atom stereocenters. The van der Waals surface area contributed by atoms with Crippen molar-refractivity contribution in [2.45, 2.75) is 43.9 Å². The van der Waals surface area contributed by atoms with Crippen LogP contribution >= 0.6 is 0 Å². The summed E-state index contributed by atoms with van der Waals surface area (Å²) in [7, 11) is 2.12. The minimum atomic E-state index is -0.885. The summed E-state index contributed by atoms with van der Waals surface area (Å²) < 4.78 is 13.5. The number of carboxylic acid groups (broad SMARTS) is 1. The van der Waals surface area contributed by atoms with E-state index in [2.05, 4.69) is 27.1 Å². The van der Waals surface area contributed by atoms with Gasteiger partial charge in [-0.1, -0.05) is 0 Å². The fourth-order valence-electron chi connectivity index (χ4n) is 6.83. The van der Waals surface area contributed by atoms with Crippen LogP contribution in [0.3, 0.4) is 0 Å². The van der Waals surface area contributed by atoms with Gasteiger partial charge in [-0.15, -0.1) is 0 Å². The fraction of sp³-hybridized carbons (Fsp3) is 0.581. The normalized spacial score (nSPS) is 23.0. The van der Waals surface area contributed by atoms with E-state index in [1.54, 1.807) is 0 Å². The average molecular weight is 620 g/mol. The first-order valence-electron chi connectivity index (χ1n) is 16.0. The maximum Gasteiger partial charge on any atom is 0.411 e. The number of aromatic nitrogens is 4. The monoisotopic (exact) mass is 619 g/mol. The standard InChI is InChI=1S/C31H41N9O5/c1-36-12-14-37(15-13-36)16-17-44-30(41)33-22-4-2-21(3-5-22)27-34-28(39-19-24-6-7-25(20-39)45-24)26-18-32-40(29(26)35-27)23-8-10-38(11-9-23)31(42)43/h2-5,18,23-25H,6-17,19-20H2,1H3,(H,33,41)(H,42,43). The third kappa shape index (κ3) is 6.53. The summed E-state index contributed by atoms with van der Waals surface area (Å²) in [5.41, 5.74) is 2.19. The van der Waals surface area contributed by atoms with Crippen LogP contribution < -0.4 is 10.2 Å². The fourth-order valence-corrected chi connectivity index (χ4v) is 6.83. The molecule has 4 fully saturated rings. The minimum absolute atomic E-state index is 0.0448. The smallest absolute Gasteiger partial charge is 0.411 e. The summed E-state index contributed by atoms with van der Waals surface area (Å²) in [6.07, 6.45) is 4.32. The number of carbonyl (C=O) groups excluding carboxylic acids is 1. The lowest BCUT2D eigenvalue weighted by Gasteiger charge is -2.33. The summed E-state index contributed by atoms with van der Waals surface area (Å²) >= 11 is 0. The number of piperidine rings is 1. The molecule has 2 N–H and O–H groups in total. The zero-order valence-electron chi connectivity index (χ0n) is 25.7. The second kappa shape index (κ2) is 12.8. The Hall–Kier alpha value is -4.01. The molecule has 0 aliphatic carbocycles. The number of anilines is 2. The van der Waals surface area contributed by atoms with E-state index in [-0.39, 0.29) is 18.2 Å². The number of morpholine rings is 1. The third-order valence-corrected chi connectivity index (χ3v) is 9.48. The number of likely N-dealkylation sites (N-methyl/N-ethyl adjacent to an activating group) is 1. The molecule has 0 spiro atoms. The molecule has 4 saturated heterocycles. The molecule has 7 rings (SSSR count). The maximum absolute atomic E-state index is 12.5. The van der Waals surface area contributed by atoms with Gasteiger partial charge in [-0.2, -0.15) is 5.10 Å². The SMILES string of the molecule is CN1CCN(CCOC(=O)Nc2ccc(-c3nc(N4CC5CCC(C4)O5)c4cnn(C5CCN(C(=O)O)CC5)c4n3)cc2)CC1. The lowest BCUT2D eigenvalue weighted by atomic mass is 10.1. The minimum Gasteiger partial charge on any atom is -0.465 e. The predicted molar refractivity (Wildman–Crippen MR) is 168 cm³/mol. The Morgan fingerprint density at radius 1 is 0.978 bits per heavy atom. The lowest BCUT2D eigenvalue weighted by molar-refractivity contribution is 0.0303. The van der Waals surface area contributed by atoms with Gasteiger partial charge in [-0.25, -0.2) is 24.2 Å². The van der Waals surface area contributed by atoms with Gasteiger partial charge in [0.1, 0.15) is 12.4 Å². The van der Waals surface area contributed by atoms with Crippen molar-refractivity contribution in [1.29, 1.82) is 0 Å². The molecule has 0 radical (unpaired) electrons. The van der Waals surface area contributed by atoms with Gasteiger partial charge in [-0.05, 0) is 57.0 Å². The van der Waals surface area contributed by atoms with Gasteiger partial charge >= 0.3 is 12.2 Å². The number of benzene rings is 1. The van der Waals surface area contributed by atoms with Crippen molar-refractivity contribution in [2.75, 3.05) is 82.8 Å². The van der Waals surface area contributed by atoms with Gasteiger partial charge in [0.15, 0.2) is 11.5 Å². The summed E-state index contributed by atoms with van der Waals surface area (Å²) in [6.45, 7) is 7.55. The summed E-state index contributed by atoms with van der Waals surface area (Å²) in [4.78, 5) is 42.4. The van der Waals surface area contributed by atoms with Gasteiger partial charge < -0.3 is 29.3 Å². The topological polar surface area (TPSA) is 141 Å². The number of piperazine rings is 1. The lowest BCUT2D eigenvalue weighted by Crippen LogP contribution is -2.45. The first-order chi connectivity index (χ1) is 21.9. The molecular formula is C31H41N9O5. The molecule has 2 aromatic heterocycles. The highest BCUT2D eigenvalue weighted by molar-refractivity contribution is 5.89. The van der Waals surface area contributed by atoms with E-state index in [9.17, 15) is 14.7 Å². The largest absolute Gasteiger partial charge is 0.465 e. The summed E-state index contributed by atoms with van der Waals surface area (Å²) in [5.74, 6) is 1.41. The summed E-state index contributed by atoms with van der Waals surface area (Å²) in [5, 5.41) is 17.9. The van der Waals surface area contributed by atoms with Crippen LogP contribution in [0.25, 0.3) is 22.4 Å². The van der Waals surface area contributed by atoms with Crippen molar-refractivity contribution in [2.24, 2.45) is 0 Å². The zero-order valence-corrected chi connectivity index (χ0v) is 25.7. The van der Waals surface area contributed by atoms with Gasteiger partial charge in [0, 0.05) is 70.2 Å². The Kier molecular flexibility index (Phi) is 8.43. The average Bonchev–Trinajstić information content (AvgIpc) is 3.63. The molecule has 2 atom stereocenters. The van der Waals surface area contributed by atoms with Gasteiger partial charge in [-0.3, -0.25) is 10.2 Å². The molecular weight excluding hydrogens is 578 g/mol. The third-order valence-electron chi connectivity index (χ3n) is 9.48. The van der Waals surface area contributed by atoms with Crippen LogP contribution in [0.2, 0.25) is 0 Å². The van der Waals surface area contributed by atoms with Crippen LogP contribution in [0.4, 0.5) is 21.1 Å². The molecule has 4 aliphatic rings. The molecule has 14 heteroatoms. The maximum atomic E-state index is 12.5. The Morgan fingerprint density at radius 2 is 1.69 bits per heavy atom. The summed E-state index contributed by atoms with van der Waals surface area (Å²) in [6, 6.07) is 7.51. The highest BCUT2D eigenvalue weighted by Gasteiger charge is 2.36. The van der Waals surface area contributed by atoms with Crippen molar-refractivity contribution in [3.8, 4) is 11.4 Å². The van der Waals surface area contributed by atoms with Crippen molar-refractivity contribution in [1.82, 2.24) is 34.4 Å². The second-order valence-electron chi connectivity index (χ2n) is 12.5. The molecule has 14 nitrogen and oxygen atoms in total. The zero-order chi connectivity index (χ0) is 30.9. The van der Waals surface area contributed by atoms with Gasteiger partial charge in [0.2, 0.25) is 0 Å². The highest BCUT2D eigenvalue weighted by atomic mass is 16.5. The van der Waals surface area contributed by atoms with E-state index >= 15 is 0 Å². The van der Waals surface area contributed by atoms with Crippen molar-refractivity contribution in [3.05, 3.63) is 30.5 Å². The van der Waals surface area contributed by atoms with E-state index in [1.165, 1.54) is 4.90 Å². The first-order valence-corrected chi connectivity index (χ1v) is 16.0. The van der Waals surface area contributed by atoms with Crippen LogP contribution in [0.15, 0.2) is 30.5 Å². The molecule has 4 aliphatic heterocycles. The molecule has 1 aromatic carbocycles. The molecule has 0 saturated carbocycles. The van der Waals surface area contributed by atoms with E-state index in [0.29, 0.717) is 44.0 Å². The number of ether oxygens (including phenoxy) is 2. The second-order valence-corrected chi connectivity index (χ2v) is 12.5. The molecule has 45 heavy (non-hydrogen) atoms. The number of fused-ring (bicyclic) bond motifs is 3. The van der Waals surface area contributed by atoms with Crippen LogP contribution in [0.5, 0.6) is 0 Å². The van der Waals surface area contributed by atoms with E-state index in [1.807, 2.05) is 35.1 Å². The number of hydrogen-bond donors (Lipinski definition) is 2. The number of rotatable bonds is 7. The highest BCUT2D eigenvalue weighted by Crippen LogP contribution is 2.35. The number of likely N-dealkylation sites (tertiary alicyclic amines) is 1. The molecule has 2 amide bonds. The molecule has 6 heterocycles. The number of nitrogens with zero attached hydrogens (tertiary/aromatic N) is 8. The Bertz CT molecular complexity index is 1500. The molecule has 3 aromatic rings. The Balaban J connectivity index is 1.09. The van der Waals surface area contributed by atoms with Crippen LogP contribution in [0, 0.1) is 0 Å².